The van der Waals surface area contributed by atoms with Crippen LogP contribution in [0.3, 0.4) is 0 Å². The summed E-state index contributed by atoms with van der Waals surface area (Å²) in [6, 6.07) is 4.73. The summed E-state index contributed by atoms with van der Waals surface area (Å²) in [5, 5.41) is 9.35. The van der Waals surface area contributed by atoms with E-state index in [1.54, 1.807) is 7.11 Å². The number of aliphatic imine (C=N–C) groups is 1. The Morgan fingerprint density at radius 3 is 2.75 bits per heavy atom. The number of rotatable bonds is 9. The Kier molecular flexibility index (Phi) is 8.58. The van der Waals surface area contributed by atoms with E-state index in [4.69, 9.17) is 9.47 Å². The molecule has 0 radical (unpaired) electrons. The minimum atomic E-state index is 0.352. The Hall–Kier alpha value is -1.15. The third-order valence-electron chi connectivity index (χ3n) is 6.18. The van der Waals surface area contributed by atoms with Crippen molar-refractivity contribution >= 4 is 17.3 Å². The van der Waals surface area contributed by atoms with Crippen molar-refractivity contribution in [2.75, 3.05) is 60.2 Å². The number of thiophene rings is 1. The van der Waals surface area contributed by atoms with Crippen LogP contribution in [-0.4, -0.2) is 71.0 Å². The summed E-state index contributed by atoms with van der Waals surface area (Å²) < 4.78 is 10.9. The fraction of sp³-hybridized carbons (Fsp3) is 0.762. The highest BCUT2D eigenvalue weighted by Crippen LogP contribution is 2.40. The van der Waals surface area contributed by atoms with Crippen molar-refractivity contribution in [3.05, 3.63) is 22.4 Å². The molecule has 158 valence electrons. The Balaban J connectivity index is 1.55. The van der Waals surface area contributed by atoms with Gasteiger partial charge in [0.2, 0.25) is 0 Å². The fourth-order valence-electron chi connectivity index (χ4n) is 4.42. The summed E-state index contributed by atoms with van der Waals surface area (Å²) in [6.45, 7) is 6.26. The molecule has 1 saturated heterocycles. The SMILES string of the molecule is CN=C(NCC(c1cccs1)N1CCOCC1)NCC1(CCOC)CCCC1. The Bertz CT molecular complexity index is 581. The first-order chi connectivity index (χ1) is 13.8. The molecule has 7 heteroatoms. The molecule has 1 aromatic rings. The van der Waals surface area contributed by atoms with Crippen molar-refractivity contribution in [2.45, 2.75) is 38.1 Å². The second kappa shape index (κ2) is 11.1. The maximum absolute atomic E-state index is 5.55. The van der Waals surface area contributed by atoms with E-state index in [0.717, 1.165) is 58.4 Å². The number of nitrogens with zero attached hydrogens (tertiary/aromatic N) is 2. The van der Waals surface area contributed by atoms with Crippen LogP contribution in [0.4, 0.5) is 0 Å². The zero-order valence-electron chi connectivity index (χ0n) is 17.4. The van der Waals surface area contributed by atoms with E-state index in [0.29, 0.717) is 11.5 Å². The molecule has 28 heavy (non-hydrogen) atoms. The molecule has 1 aliphatic heterocycles. The molecule has 0 spiro atoms. The van der Waals surface area contributed by atoms with Crippen LogP contribution in [0.5, 0.6) is 0 Å². The maximum atomic E-state index is 5.55. The smallest absolute Gasteiger partial charge is 0.191 e. The van der Waals surface area contributed by atoms with E-state index in [1.165, 1.54) is 30.6 Å². The summed E-state index contributed by atoms with van der Waals surface area (Å²) in [4.78, 5) is 8.40. The lowest BCUT2D eigenvalue weighted by atomic mass is 9.83. The van der Waals surface area contributed by atoms with Gasteiger partial charge >= 0.3 is 0 Å². The monoisotopic (exact) mass is 408 g/mol. The van der Waals surface area contributed by atoms with Crippen molar-refractivity contribution < 1.29 is 9.47 Å². The fourth-order valence-corrected chi connectivity index (χ4v) is 5.28. The highest BCUT2D eigenvalue weighted by molar-refractivity contribution is 7.10. The predicted molar refractivity (Wildman–Crippen MR) is 116 cm³/mol. The van der Waals surface area contributed by atoms with Gasteiger partial charge in [0.15, 0.2) is 5.96 Å². The van der Waals surface area contributed by atoms with Crippen LogP contribution < -0.4 is 10.6 Å². The van der Waals surface area contributed by atoms with Crippen molar-refractivity contribution in [3.8, 4) is 0 Å². The van der Waals surface area contributed by atoms with Crippen molar-refractivity contribution in [1.82, 2.24) is 15.5 Å². The van der Waals surface area contributed by atoms with Gasteiger partial charge in [-0.05, 0) is 36.1 Å². The summed E-state index contributed by atoms with van der Waals surface area (Å²) in [5.41, 5.74) is 0.352. The molecule has 1 unspecified atom stereocenters. The van der Waals surface area contributed by atoms with Crippen molar-refractivity contribution in [1.29, 1.82) is 0 Å². The third-order valence-corrected chi connectivity index (χ3v) is 7.15. The lowest BCUT2D eigenvalue weighted by Crippen LogP contribution is -2.48. The van der Waals surface area contributed by atoms with Crippen LogP contribution in [0.2, 0.25) is 0 Å². The van der Waals surface area contributed by atoms with Gasteiger partial charge in [-0.2, -0.15) is 0 Å². The number of hydrogen-bond donors (Lipinski definition) is 2. The summed E-state index contributed by atoms with van der Waals surface area (Å²) >= 11 is 1.83. The number of methoxy groups -OCH3 is 1. The van der Waals surface area contributed by atoms with Crippen molar-refractivity contribution in [2.24, 2.45) is 10.4 Å². The van der Waals surface area contributed by atoms with Crippen LogP contribution in [0, 0.1) is 5.41 Å². The zero-order chi connectivity index (χ0) is 19.7. The first-order valence-electron chi connectivity index (χ1n) is 10.5. The van der Waals surface area contributed by atoms with E-state index in [2.05, 4.69) is 38.0 Å². The van der Waals surface area contributed by atoms with Crippen LogP contribution in [0.1, 0.15) is 43.0 Å². The average molecular weight is 409 g/mol. The van der Waals surface area contributed by atoms with Gasteiger partial charge in [0.05, 0.1) is 19.3 Å². The van der Waals surface area contributed by atoms with E-state index < -0.39 is 0 Å². The highest BCUT2D eigenvalue weighted by Gasteiger charge is 2.33. The molecule has 0 aromatic carbocycles. The van der Waals surface area contributed by atoms with E-state index in [1.807, 2.05) is 18.4 Å². The number of guanidine groups is 1. The number of morpholine rings is 1. The van der Waals surface area contributed by atoms with Gasteiger partial charge in [-0.1, -0.05) is 18.9 Å². The van der Waals surface area contributed by atoms with Crippen LogP contribution in [-0.2, 0) is 9.47 Å². The first kappa shape index (κ1) is 21.6. The van der Waals surface area contributed by atoms with Crippen LogP contribution in [0.25, 0.3) is 0 Å². The van der Waals surface area contributed by atoms with E-state index >= 15 is 0 Å². The molecule has 6 nitrogen and oxygen atoms in total. The normalized spacial score (nSPS) is 21.6. The van der Waals surface area contributed by atoms with E-state index in [-0.39, 0.29) is 0 Å². The van der Waals surface area contributed by atoms with Gasteiger partial charge < -0.3 is 20.1 Å². The van der Waals surface area contributed by atoms with Crippen LogP contribution >= 0.6 is 11.3 Å². The number of ether oxygens (including phenoxy) is 2. The van der Waals surface area contributed by atoms with E-state index in [9.17, 15) is 0 Å². The second-order valence-corrected chi connectivity index (χ2v) is 8.92. The maximum Gasteiger partial charge on any atom is 0.191 e. The molecular weight excluding hydrogens is 372 g/mol. The summed E-state index contributed by atoms with van der Waals surface area (Å²) in [7, 11) is 3.66. The second-order valence-electron chi connectivity index (χ2n) is 7.94. The average Bonchev–Trinajstić information content (AvgIpc) is 3.43. The molecule has 3 rings (SSSR count). The van der Waals surface area contributed by atoms with Gasteiger partial charge in [0.25, 0.3) is 0 Å². The van der Waals surface area contributed by atoms with Crippen LogP contribution in [0.15, 0.2) is 22.5 Å². The quantitative estimate of drug-likeness (QED) is 0.486. The molecule has 0 amide bonds. The highest BCUT2D eigenvalue weighted by atomic mass is 32.1. The van der Waals surface area contributed by atoms with Gasteiger partial charge in [-0.3, -0.25) is 9.89 Å². The Morgan fingerprint density at radius 1 is 1.32 bits per heavy atom. The number of hydrogen-bond acceptors (Lipinski definition) is 5. The third kappa shape index (κ3) is 5.92. The summed E-state index contributed by atoms with van der Waals surface area (Å²) in [5.74, 6) is 0.901. The first-order valence-corrected chi connectivity index (χ1v) is 11.4. The zero-order valence-corrected chi connectivity index (χ0v) is 18.2. The minimum Gasteiger partial charge on any atom is -0.385 e. The molecule has 2 aliphatic rings. The summed E-state index contributed by atoms with van der Waals surface area (Å²) in [6.07, 6.45) is 6.35. The molecule has 2 N–H and O–H groups in total. The molecule has 2 fully saturated rings. The molecule has 1 saturated carbocycles. The number of nitrogens with one attached hydrogen (secondary N) is 2. The standard InChI is InChI=1S/C21H36N4O2S/c1-22-20(24-17-21(9-12-26-2)7-3-4-8-21)23-16-18(19-6-5-15-28-19)25-10-13-27-14-11-25/h5-6,15,18H,3-4,7-14,16-17H2,1-2H3,(H2,22,23,24). The van der Waals surface area contributed by atoms with Gasteiger partial charge in [0, 0.05) is 51.8 Å². The van der Waals surface area contributed by atoms with Gasteiger partial charge in [0.1, 0.15) is 0 Å². The Morgan fingerprint density at radius 2 is 2.11 bits per heavy atom. The van der Waals surface area contributed by atoms with Gasteiger partial charge in [-0.25, -0.2) is 0 Å². The topological polar surface area (TPSA) is 58.1 Å². The molecule has 0 bridgehead atoms. The molecule has 1 atom stereocenters. The Labute approximate surface area is 173 Å². The largest absolute Gasteiger partial charge is 0.385 e. The molecule has 1 aliphatic carbocycles. The van der Waals surface area contributed by atoms with Gasteiger partial charge in [-0.15, -0.1) is 11.3 Å². The lowest BCUT2D eigenvalue weighted by Gasteiger charge is -2.35. The lowest BCUT2D eigenvalue weighted by molar-refractivity contribution is 0.0177. The molecule has 1 aromatic heterocycles. The molecular formula is C21H36N4O2S. The van der Waals surface area contributed by atoms with Crippen molar-refractivity contribution in [3.63, 3.8) is 0 Å². The predicted octanol–water partition coefficient (Wildman–Crippen LogP) is 2.88. The minimum absolute atomic E-state index is 0.352. The molecule has 2 heterocycles.